The molecule has 0 aliphatic heterocycles. The molecule has 1 rings (SSSR count). The summed E-state index contributed by atoms with van der Waals surface area (Å²) in [7, 11) is 0. The lowest BCUT2D eigenvalue weighted by atomic mass is 10.4. The van der Waals surface area contributed by atoms with Gasteiger partial charge in [0.05, 0.1) is 5.02 Å². The molecule has 4 heteroatoms. The molecule has 0 bridgehead atoms. The first-order valence-electron chi connectivity index (χ1n) is 2.54. The molecule has 10 heavy (non-hydrogen) atoms. The van der Waals surface area contributed by atoms with Gasteiger partial charge >= 0.3 is 0 Å². The van der Waals surface area contributed by atoms with E-state index in [1.165, 1.54) is 12.1 Å². The van der Waals surface area contributed by atoms with E-state index < -0.39 is 0 Å². The van der Waals surface area contributed by atoms with Gasteiger partial charge in [-0.1, -0.05) is 11.6 Å². The molecule has 0 unspecified atom stereocenters. The van der Waals surface area contributed by atoms with Crippen LogP contribution in [0.5, 0.6) is 5.88 Å². The quantitative estimate of drug-likeness (QED) is 0.625. The summed E-state index contributed by atoms with van der Waals surface area (Å²) in [5.74, 6) is -0.202. The number of carbonyl (C=O) groups excluding carboxylic acids is 1. The Morgan fingerprint density at radius 2 is 2.30 bits per heavy atom. The molecule has 1 aromatic rings. The van der Waals surface area contributed by atoms with Crippen molar-refractivity contribution in [2.75, 3.05) is 0 Å². The van der Waals surface area contributed by atoms with Crippen LogP contribution in [0.3, 0.4) is 0 Å². The molecule has 0 aromatic carbocycles. The van der Waals surface area contributed by atoms with Crippen molar-refractivity contribution < 1.29 is 9.90 Å². The molecule has 0 fully saturated rings. The average molecular weight is 158 g/mol. The Kier molecular flexibility index (Phi) is 1.87. The number of aromatic nitrogens is 1. The van der Waals surface area contributed by atoms with Crippen LogP contribution in [0.15, 0.2) is 12.1 Å². The third-order valence-electron chi connectivity index (χ3n) is 0.970. The van der Waals surface area contributed by atoms with Gasteiger partial charge in [-0.3, -0.25) is 4.79 Å². The molecule has 0 saturated carbocycles. The molecule has 1 aromatic heterocycles. The van der Waals surface area contributed by atoms with E-state index in [1.807, 2.05) is 0 Å². The standard InChI is InChI=1S/C6H4ClNO2/c7-4-1-2-6(10)8-5(4)3-9/h1-3H,(H,8,10). The number of aldehydes is 1. The minimum atomic E-state index is -0.202. The zero-order valence-corrected chi connectivity index (χ0v) is 5.67. The van der Waals surface area contributed by atoms with Gasteiger partial charge in [0, 0.05) is 6.07 Å². The van der Waals surface area contributed by atoms with E-state index in [1.54, 1.807) is 0 Å². The van der Waals surface area contributed by atoms with Crippen molar-refractivity contribution in [3.05, 3.63) is 22.8 Å². The Morgan fingerprint density at radius 3 is 2.80 bits per heavy atom. The number of hydrogen-bond donors (Lipinski definition) is 1. The predicted molar refractivity (Wildman–Crippen MR) is 36.3 cm³/mol. The highest BCUT2D eigenvalue weighted by atomic mass is 35.5. The van der Waals surface area contributed by atoms with Gasteiger partial charge in [0.15, 0.2) is 6.29 Å². The van der Waals surface area contributed by atoms with Gasteiger partial charge in [-0.25, -0.2) is 4.98 Å². The summed E-state index contributed by atoms with van der Waals surface area (Å²) in [4.78, 5) is 13.6. The third-order valence-corrected chi connectivity index (χ3v) is 1.29. The first kappa shape index (κ1) is 7.02. The number of pyridine rings is 1. The maximum atomic E-state index is 10.1. The fraction of sp³-hybridized carbons (Fsp3) is 0. The smallest absolute Gasteiger partial charge is 0.211 e. The van der Waals surface area contributed by atoms with Crippen molar-refractivity contribution in [2.45, 2.75) is 0 Å². The first-order chi connectivity index (χ1) is 4.74. The SMILES string of the molecule is O=Cc1nc(O)ccc1Cl. The lowest BCUT2D eigenvalue weighted by Gasteiger charge is -1.93. The highest BCUT2D eigenvalue weighted by molar-refractivity contribution is 6.32. The number of nitrogens with zero attached hydrogens (tertiary/aromatic N) is 1. The lowest BCUT2D eigenvalue weighted by molar-refractivity contribution is 0.111. The Hall–Kier alpha value is -1.09. The van der Waals surface area contributed by atoms with E-state index in [0.29, 0.717) is 6.29 Å². The molecule has 0 aliphatic carbocycles. The summed E-state index contributed by atoms with van der Waals surface area (Å²) in [6.45, 7) is 0. The topological polar surface area (TPSA) is 50.2 Å². The number of halogens is 1. The van der Waals surface area contributed by atoms with Gasteiger partial charge in [0.25, 0.3) is 0 Å². The van der Waals surface area contributed by atoms with E-state index in [-0.39, 0.29) is 16.6 Å². The van der Waals surface area contributed by atoms with Gasteiger partial charge in [0.2, 0.25) is 5.88 Å². The van der Waals surface area contributed by atoms with Crippen LogP contribution in [-0.4, -0.2) is 16.4 Å². The molecule has 3 nitrogen and oxygen atoms in total. The van der Waals surface area contributed by atoms with Crippen LogP contribution < -0.4 is 0 Å². The molecule has 52 valence electrons. The van der Waals surface area contributed by atoms with Crippen LogP contribution in [0.25, 0.3) is 0 Å². The van der Waals surface area contributed by atoms with E-state index in [9.17, 15) is 4.79 Å². The minimum Gasteiger partial charge on any atom is -0.493 e. The molecule has 1 N–H and O–H groups in total. The van der Waals surface area contributed by atoms with Crippen LogP contribution in [-0.2, 0) is 0 Å². The second-order valence-electron chi connectivity index (χ2n) is 1.65. The van der Waals surface area contributed by atoms with Gasteiger partial charge in [-0.15, -0.1) is 0 Å². The van der Waals surface area contributed by atoms with E-state index in [4.69, 9.17) is 16.7 Å². The van der Waals surface area contributed by atoms with Gasteiger partial charge in [-0.2, -0.15) is 0 Å². The zero-order chi connectivity index (χ0) is 7.56. The van der Waals surface area contributed by atoms with Gasteiger partial charge < -0.3 is 5.11 Å². The van der Waals surface area contributed by atoms with Crippen LogP contribution in [0.1, 0.15) is 10.5 Å². The van der Waals surface area contributed by atoms with Gasteiger partial charge in [-0.05, 0) is 6.07 Å². The van der Waals surface area contributed by atoms with E-state index >= 15 is 0 Å². The molecule has 0 atom stereocenters. The van der Waals surface area contributed by atoms with Crippen molar-refractivity contribution in [3.8, 4) is 5.88 Å². The fourth-order valence-corrected chi connectivity index (χ4v) is 0.680. The Bertz CT molecular complexity index is 262. The summed E-state index contributed by atoms with van der Waals surface area (Å²) in [6, 6.07) is 2.73. The van der Waals surface area contributed by atoms with Gasteiger partial charge in [0.1, 0.15) is 5.69 Å². The summed E-state index contributed by atoms with van der Waals surface area (Å²) in [5, 5.41) is 8.98. The monoisotopic (exact) mass is 157 g/mol. The third kappa shape index (κ3) is 1.25. The van der Waals surface area contributed by atoms with Crippen LogP contribution in [0, 0.1) is 0 Å². The summed E-state index contributed by atoms with van der Waals surface area (Å²) >= 11 is 5.49. The molecule has 0 radical (unpaired) electrons. The lowest BCUT2D eigenvalue weighted by Crippen LogP contribution is -1.86. The zero-order valence-electron chi connectivity index (χ0n) is 4.91. The largest absolute Gasteiger partial charge is 0.493 e. The second kappa shape index (κ2) is 2.66. The number of carbonyl (C=O) groups is 1. The highest BCUT2D eigenvalue weighted by Gasteiger charge is 1.99. The molecule has 0 spiro atoms. The van der Waals surface area contributed by atoms with Crippen molar-refractivity contribution in [2.24, 2.45) is 0 Å². The predicted octanol–water partition coefficient (Wildman–Crippen LogP) is 1.25. The maximum absolute atomic E-state index is 10.1. The summed E-state index contributed by atoms with van der Waals surface area (Å²) in [6.07, 6.45) is 0.488. The second-order valence-corrected chi connectivity index (χ2v) is 2.06. The fourth-order valence-electron chi connectivity index (χ4n) is 0.530. The first-order valence-corrected chi connectivity index (χ1v) is 2.92. The molecular weight excluding hydrogens is 154 g/mol. The van der Waals surface area contributed by atoms with Crippen molar-refractivity contribution in [1.82, 2.24) is 4.98 Å². The van der Waals surface area contributed by atoms with E-state index in [2.05, 4.69) is 4.98 Å². The van der Waals surface area contributed by atoms with E-state index in [0.717, 1.165) is 0 Å². The van der Waals surface area contributed by atoms with Crippen LogP contribution >= 0.6 is 11.6 Å². The van der Waals surface area contributed by atoms with Crippen molar-refractivity contribution >= 4 is 17.9 Å². The summed E-state index contributed by atoms with van der Waals surface area (Å²) < 4.78 is 0. The van der Waals surface area contributed by atoms with Crippen LogP contribution in [0.4, 0.5) is 0 Å². The van der Waals surface area contributed by atoms with Crippen molar-refractivity contribution in [3.63, 3.8) is 0 Å². The number of rotatable bonds is 1. The molecule has 0 amide bonds. The highest BCUT2D eigenvalue weighted by Crippen LogP contribution is 2.14. The number of aromatic hydroxyl groups is 1. The molecule has 0 saturated heterocycles. The van der Waals surface area contributed by atoms with Crippen molar-refractivity contribution in [1.29, 1.82) is 0 Å². The summed E-state index contributed by atoms with van der Waals surface area (Å²) in [5.41, 5.74) is 0.0571. The Balaban J connectivity index is 3.21. The molecule has 1 heterocycles. The average Bonchev–Trinajstić information content (AvgIpc) is 1.94. The normalized spacial score (nSPS) is 9.30. The van der Waals surface area contributed by atoms with Crippen LogP contribution in [0.2, 0.25) is 5.02 Å². The molecule has 0 aliphatic rings. The Morgan fingerprint density at radius 1 is 1.60 bits per heavy atom. The minimum absolute atomic E-state index is 0.0571. The molecular formula is C6H4ClNO2. The number of hydrogen-bond acceptors (Lipinski definition) is 3. The maximum Gasteiger partial charge on any atom is 0.211 e. The Labute approximate surface area is 62.3 Å².